The number of carboxylic acid groups (broad SMARTS) is 1. The summed E-state index contributed by atoms with van der Waals surface area (Å²) >= 11 is 6.40. The van der Waals surface area contributed by atoms with Crippen molar-refractivity contribution in [2.45, 2.75) is 101 Å². The SMILES string of the molecule is CC(C)(C)C[C@H]1N[C@@H](C(=O)CCCC2CCC(O)C2)[C@H](c2cccc(Cl)c2)[C@@]12C(=O)Nc1cc(F)c(F)cc12.O=C(O)C(F)(F)F. The molecule has 2 aromatic carbocycles. The van der Waals surface area contributed by atoms with Crippen LogP contribution in [0.4, 0.5) is 27.6 Å². The first kappa shape index (κ1) is 35.8. The minimum Gasteiger partial charge on any atom is -0.475 e. The number of carbonyl (C=O) groups excluding carboxylic acids is 2. The van der Waals surface area contributed by atoms with Crippen LogP contribution < -0.4 is 10.6 Å². The Morgan fingerprint density at radius 2 is 1.72 bits per heavy atom. The van der Waals surface area contributed by atoms with Gasteiger partial charge in [0.2, 0.25) is 5.91 Å². The average Bonchev–Trinajstić information content (AvgIpc) is 3.58. The molecule has 0 aromatic heterocycles. The third-order valence-corrected chi connectivity index (χ3v) is 9.28. The Morgan fingerprint density at radius 1 is 1.07 bits per heavy atom. The molecule has 7 nitrogen and oxygen atoms in total. The van der Waals surface area contributed by atoms with Gasteiger partial charge in [-0.05, 0) is 79.2 Å². The van der Waals surface area contributed by atoms with E-state index < -0.39 is 47.2 Å². The topological polar surface area (TPSA) is 116 Å². The number of Topliss-reactive ketones (excluding diaryl/α,β-unsaturated/α-hetero) is 1. The number of carboxylic acids is 1. The highest BCUT2D eigenvalue weighted by Gasteiger charge is 2.65. The van der Waals surface area contributed by atoms with Crippen LogP contribution in [0.15, 0.2) is 36.4 Å². The van der Waals surface area contributed by atoms with Crippen molar-refractivity contribution in [1.29, 1.82) is 0 Å². The fourth-order valence-electron chi connectivity index (χ4n) is 7.22. The third kappa shape index (κ3) is 7.55. The number of aliphatic hydroxyl groups excluding tert-OH is 1. The number of rotatable bonds is 7. The molecule has 6 atom stereocenters. The monoisotopic (exact) mass is 672 g/mol. The predicted molar refractivity (Wildman–Crippen MR) is 162 cm³/mol. The molecule has 2 aliphatic heterocycles. The van der Waals surface area contributed by atoms with Gasteiger partial charge in [0, 0.05) is 35.2 Å². The van der Waals surface area contributed by atoms with Crippen LogP contribution in [0.2, 0.25) is 5.02 Å². The molecule has 2 fully saturated rings. The fraction of sp³-hybridized carbons (Fsp3) is 0.545. The Hall–Kier alpha value is -3.09. The van der Waals surface area contributed by atoms with Crippen molar-refractivity contribution >= 4 is 34.9 Å². The number of hydrogen-bond donors (Lipinski definition) is 4. The molecule has 1 saturated carbocycles. The number of fused-ring (bicyclic) bond motifs is 2. The molecule has 0 bridgehead atoms. The molecule has 2 heterocycles. The van der Waals surface area contributed by atoms with Gasteiger partial charge < -0.3 is 20.8 Å². The Bertz CT molecular complexity index is 1480. The molecule has 3 aliphatic rings. The lowest BCUT2D eigenvalue weighted by Gasteiger charge is -2.37. The maximum absolute atomic E-state index is 14.8. The number of ketones is 1. The summed E-state index contributed by atoms with van der Waals surface area (Å²) in [5.41, 5.74) is -0.256. The smallest absolute Gasteiger partial charge is 0.475 e. The molecule has 2 unspecified atom stereocenters. The van der Waals surface area contributed by atoms with E-state index >= 15 is 0 Å². The summed E-state index contributed by atoms with van der Waals surface area (Å²) in [5.74, 6) is -5.46. The first-order valence-corrected chi connectivity index (χ1v) is 15.6. The number of carbonyl (C=O) groups is 3. The maximum Gasteiger partial charge on any atom is 0.490 e. The number of aliphatic hydroxyl groups is 1. The molecular weight excluding hydrogens is 635 g/mol. The van der Waals surface area contributed by atoms with Gasteiger partial charge in [0.25, 0.3) is 0 Å². The van der Waals surface area contributed by atoms with Crippen molar-refractivity contribution in [3.8, 4) is 0 Å². The molecule has 252 valence electrons. The van der Waals surface area contributed by atoms with E-state index in [1.54, 1.807) is 18.2 Å². The van der Waals surface area contributed by atoms with Gasteiger partial charge in [-0.3, -0.25) is 9.59 Å². The number of amides is 1. The lowest BCUT2D eigenvalue weighted by Crippen LogP contribution is -2.49. The second-order valence-electron chi connectivity index (χ2n) is 13.6. The molecule has 1 amide bonds. The van der Waals surface area contributed by atoms with Crippen LogP contribution in [-0.2, 0) is 19.8 Å². The zero-order chi connectivity index (χ0) is 34.2. The molecule has 1 spiro atoms. The minimum absolute atomic E-state index is 0.0156. The van der Waals surface area contributed by atoms with Gasteiger partial charge in [0.1, 0.15) is 11.2 Å². The number of anilines is 1. The van der Waals surface area contributed by atoms with Crippen molar-refractivity contribution in [1.82, 2.24) is 5.32 Å². The van der Waals surface area contributed by atoms with Crippen LogP contribution in [0, 0.1) is 23.0 Å². The molecule has 4 N–H and O–H groups in total. The number of alkyl halides is 3. The largest absolute Gasteiger partial charge is 0.490 e. The quantitative estimate of drug-likeness (QED) is 0.238. The Morgan fingerprint density at radius 3 is 2.28 bits per heavy atom. The van der Waals surface area contributed by atoms with E-state index in [0.717, 1.165) is 37.8 Å². The molecule has 1 saturated heterocycles. The van der Waals surface area contributed by atoms with E-state index in [1.807, 2.05) is 6.07 Å². The van der Waals surface area contributed by atoms with Crippen LogP contribution in [-0.4, -0.2) is 52.2 Å². The maximum atomic E-state index is 14.8. The van der Waals surface area contributed by atoms with Gasteiger partial charge in [-0.2, -0.15) is 13.2 Å². The second-order valence-corrected chi connectivity index (χ2v) is 14.1. The van der Waals surface area contributed by atoms with Crippen LogP contribution in [0.5, 0.6) is 0 Å². The molecule has 5 rings (SSSR count). The Labute approximate surface area is 268 Å². The van der Waals surface area contributed by atoms with Crippen LogP contribution in [0.1, 0.15) is 82.8 Å². The normalized spacial score (nSPS) is 27.3. The summed E-state index contributed by atoms with van der Waals surface area (Å²) in [5, 5.41) is 23.8. The Kier molecular flexibility index (Phi) is 10.5. The van der Waals surface area contributed by atoms with E-state index in [4.69, 9.17) is 21.5 Å². The zero-order valence-corrected chi connectivity index (χ0v) is 26.4. The first-order valence-electron chi connectivity index (χ1n) is 15.2. The number of nitrogens with one attached hydrogen (secondary N) is 2. The third-order valence-electron chi connectivity index (χ3n) is 9.05. The van der Waals surface area contributed by atoms with Crippen molar-refractivity contribution in [3.63, 3.8) is 0 Å². The van der Waals surface area contributed by atoms with E-state index in [0.29, 0.717) is 41.3 Å². The lowest BCUT2D eigenvalue weighted by atomic mass is 9.62. The minimum atomic E-state index is -5.08. The average molecular weight is 673 g/mol. The van der Waals surface area contributed by atoms with Crippen molar-refractivity contribution in [2.24, 2.45) is 11.3 Å². The summed E-state index contributed by atoms with van der Waals surface area (Å²) in [6.45, 7) is 6.17. The Balaban J connectivity index is 0.000000617. The highest BCUT2D eigenvalue weighted by Crippen LogP contribution is 2.57. The molecule has 46 heavy (non-hydrogen) atoms. The molecule has 0 radical (unpaired) electrons. The van der Waals surface area contributed by atoms with Gasteiger partial charge in [-0.1, -0.05) is 44.5 Å². The van der Waals surface area contributed by atoms with Gasteiger partial charge in [-0.15, -0.1) is 0 Å². The zero-order valence-electron chi connectivity index (χ0n) is 25.7. The molecule has 13 heteroatoms. The fourth-order valence-corrected chi connectivity index (χ4v) is 7.42. The van der Waals surface area contributed by atoms with E-state index in [-0.39, 0.29) is 28.9 Å². The first-order chi connectivity index (χ1) is 21.3. The van der Waals surface area contributed by atoms with Crippen molar-refractivity contribution < 1.29 is 46.5 Å². The van der Waals surface area contributed by atoms with Crippen LogP contribution in [0.3, 0.4) is 0 Å². The van der Waals surface area contributed by atoms with E-state index in [2.05, 4.69) is 31.4 Å². The highest BCUT2D eigenvalue weighted by atomic mass is 35.5. The number of benzene rings is 2. The lowest BCUT2D eigenvalue weighted by molar-refractivity contribution is -0.192. The van der Waals surface area contributed by atoms with Gasteiger partial charge in [0.05, 0.1) is 12.1 Å². The number of aliphatic carboxylic acids is 1. The van der Waals surface area contributed by atoms with E-state index in [9.17, 15) is 36.6 Å². The van der Waals surface area contributed by atoms with Crippen molar-refractivity contribution in [3.05, 3.63) is 64.2 Å². The standard InChI is InChI=1S/C31H37ClF2N2O3.C2HF3O2/c1-30(2,3)16-26-31(21-14-22(33)23(34)15-24(21)35-29(31)39)27(18-7-5-8-19(32)13-18)28(36-26)25(38)9-4-6-17-10-11-20(37)12-17;3-2(4,5)1(6)7/h5,7-8,13-15,17,20,26-28,36-37H,4,6,9-12,16H2,1-3H3,(H,35,39);(H,6,7)/t17?,20?,26-,27+,28+,31+;/m1./s1. The summed E-state index contributed by atoms with van der Waals surface area (Å²) in [6, 6.07) is 8.07. The number of halogens is 6. The summed E-state index contributed by atoms with van der Waals surface area (Å²) in [4.78, 5) is 36.9. The number of hydrogen-bond acceptors (Lipinski definition) is 5. The van der Waals surface area contributed by atoms with Gasteiger partial charge >= 0.3 is 12.1 Å². The molecule has 2 aromatic rings. The highest BCUT2D eigenvalue weighted by molar-refractivity contribution is 6.30. The van der Waals surface area contributed by atoms with Gasteiger partial charge in [-0.25, -0.2) is 13.6 Å². The molecular formula is C33H38ClF5N2O5. The second kappa shape index (κ2) is 13.6. The van der Waals surface area contributed by atoms with Crippen LogP contribution in [0.25, 0.3) is 0 Å². The van der Waals surface area contributed by atoms with E-state index in [1.165, 1.54) is 0 Å². The predicted octanol–water partition coefficient (Wildman–Crippen LogP) is 6.90. The summed E-state index contributed by atoms with van der Waals surface area (Å²) in [7, 11) is 0. The molecule has 1 aliphatic carbocycles. The van der Waals surface area contributed by atoms with Crippen molar-refractivity contribution in [2.75, 3.05) is 5.32 Å². The van der Waals surface area contributed by atoms with Gasteiger partial charge in [0.15, 0.2) is 11.6 Å². The van der Waals surface area contributed by atoms with Crippen LogP contribution >= 0.6 is 11.6 Å². The summed E-state index contributed by atoms with van der Waals surface area (Å²) in [6.07, 6.45) is -0.376. The summed E-state index contributed by atoms with van der Waals surface area (Å²) < 4.78 is 60.8.